The Morgan fingerprint density at radius 1 is 1.30 bits per heavy atom. The average molecular weight is 325 g/mol. The topological polar surface area (TPSA) is 45.7 Å². The minimum absolute atomic E-state index is 0.103. The highest BCUT2D eigenvalue weighted by Gasteiger charge is 2.38. The van der Waals surface area contributed by atoms with Gasteiger partial charge in [-0.2, -0.15) is 0 Å². The van der Waals surface area contributed by atoms with Gasteiger partial charge in [0.25, 0.3) is 11.8 Å². The summed E-state index contributed by atoms with van der Waals surface area (Å²) in [5, 5.41) is 0. The molecule has 0 aromatic carbocycles. The van der Waals surface area contributed by atoms with Crippen molar-refractivity contribution in [1.29, 1.82) is 0 Å². The van der Waals surface area contributed by atoms with Crippen LogP contribution in [0.25, 0.3) is 0 Å². The Hall–Kier alpha value is -1.60. The first-order valence-electron chi connectivity index (χ1n) is 7.94. The third-order valence-corrected chi connectivity index (χ3v) is 4.34. The van der Waals surface area contributed by atoms with Crippen molar-refractivity contribution in [2.75, 3.05) is 32.8 Å². The fourth-order valence-corrected chi connectivity index (χ4v) is 2.97. The van der Waals surface area contributed by atoms with Crippen molar-refractivity contribution in [3.63, 3.8) is 0 Å². The van der Waals surface area contributed by atoms with Gasteiger partial charge in [0.1, 0.15) is 6.10 Å². The van der Waals surface area contributed by atoms with Crippen molar-refractivity contribution in [3.05, 3.63) is 30.1 Å². The third-order valence-electron chi connectivity index (χ3n) is 4.34. The number of likely N-dealkylation sites (tertiary alicyclic amines) is 1. The number of rotatable bonds is 3. The van der Waals surface area contributed by atoms with E-state index >= 15 is 0 Å². The van der Waals surface area contributed by atoms with E-state index in [0.29, 0.717) is 19.7 Å². The molecule has 1 amide bonds. The summed E-state index contributed by atoms with van der Waals surface area (Å²) >= 11 is 0. The van der Waals surface area contributed by atoms with Crippen LogP contribution in [0, 0.1) is 0 Å². The second-order valence-corrected chi connectivity index (χ2v) is 6.10. The molecule has 1 atom stereocenters. The zero-order valence-corrected chi connectivity index (χ0v) is 13.0. The number of carbonyl (C=O) groups is 1. The summed E-state index contributed by atoms with van der Waals surface area (Å²) in [7, 11) is 0. The molecular weight excluding hydrogens is 304 g/mol. The van der Waals surface area contributed by atoms with Gasteiger partial charge in [0.15, 0.2) is 0 Å². The van der Waals surface area contributed by atoms with Crippen molar-refractivity contribution >= 4 is 5.91 Å². The lowest BCUT2D eigenvalue weighted by atomic mass is 10.1. The van der Waals surface area contributed by atoms with E-state index < -0.39 is 12.0 Å². The van der Waals surface area contributed by atoms with E-state index in [2.05, 4.69) is 9.88 Å². The molecule has 126 valence electrons. The largest absolute Gasteiger partial charge is 0.366 e. The van der Waals surface area contributed by atoms with Crippen LogP contribution < -0.4 is 0 Å². The summed E-state index contributed by atoms with van der Waals surface area (Å²) < 4.78 is 32.0. The number of aromatic nitrogens is 1. The molecular formula is C16H21F2N3O2. The number of amides is 1. The first kappa shape index (κ1) is 16.3. The van der Waals surface area contributed by atoms with Gasteiger partial charge in [-0.3, -0.25) is 14.7 Å². The Balaban J connectivity index is 1.55. The highest BCUT2D eigenvalue weighted by molar-refractivity contribution is 5.81. The van der Waals surface area contributed by atoms with Crippen LogP contribution in [-0.4, -0.2) is 65.5 Å². The van der Waals surface area contributed by atoms with Crippen LogP contribution in [0.5, 0.6) is 0 Å². The predicted molar refractivity (Wildman–Crippen MR) is 80.0 cm³/mol. The molecule has 0 N–H and O–H groups in total. The van der Waals surface area contributed by atoms with Crippen LogP contribution in [0.15, 0.2) is 24.4 Å². The zero-order chi connectivity index (χ0) is 16.3. The molecule has 0 bridgehead atoms. The van der Waals surface area contributed by atoms with Crippen molar-refractivity contribution in [3.8, 4) is 0 Å². The summed E-state index contributed by atoms with van der Waals surface area (Å²) in [6.45, 7) is 2.54. The highest BCUT2D eigenvalue weighted by atomic mass is 19.3. The summed E-state index contributed by atoms with van der Waals surface area (Å²) in [6.07, 6.45) is 0.651. The summed E-state index contributed by atoms with van der Waals surface area (Å²) in [5.74, 6) is -2.82. The van der Waals surface area contributed by atoms with E-state index in [1.807, 2.05) is 18.2 Å². The molecule has 0 saturated carbocycles. The van der Waals surface area contributed by atoms with E-state index in [0.717, 1.165) is 12.2 Å². The average Bonchev–Trinajstić information content (AvgIpc) is 2.55. The van der Waals surface area contributed by atoms with Crippen LogP contribution in [0.1, 0.15) is 18.5 Å². The number of hydrogen-bond acceptors (Lipinski definition) is 4. The molecule has 2 aliphatic heterocycles. The van der Waals surface area contributed by atoms with Gasteiger partial charge in [-0.05, 0) is 12.1 Å². The van der Waals surface area contributed by atoms with Crippen molar-refractivity contribution in [2.24, 2.45) is 0 Å². The SMILES string of the molecule is O=C(C1CN(Cc2ccccn2)CCO1)N1CCC(F)(F)CC1. The van der Waals surface area contributed by atoms with Crippen molar-refractivity contribution in [1.82, 2.24) is 14.8 Å². The Morgan fingerprint density at radius 2 is 2.09 bits per heavy atom. The monoisotopic (exact) mass is 325 g/mol. The van der Waals surface area contributed by atoms with E-state index in [1.54, 1.807) is 6.20 Å². The van der Waals surface area contributed by atoms with Gasteiger partial charge in [0.05, 0.1) is 12.3 Å². The van der Waals surface area contributed by atoms with Gasteiger partial charge in [0.2, 0.25) is 0 Å². The molecule has 0 spiro atoms. The van der Waals surface area contributed by atoms with Crippen molar-refractivity contribution < 1.29 is 18.3 Å². The van der Waals surface area contributed by atoms with Crippen LogP contribution in [0.4, 0.5) is 8.78 Å². The molecule has 3 rings (SSSR count). The lowest BCUT2D eigenvalue weighted by Crippen LogP contribution is -2.53. The summed E-state index contributed by atoms with van der Waals surface area (Å²) in [5.41, 5.74) is 0.943. The molecule has 2 saturated heterocycles. The molecule has 1 aromatic rings. The minimum atomic E-state index is -2.64. The Morgan fingerprint density at radius 3 is 2.78 bits per heavy atom. The second-order valence-electron chi connectivity index (χ2n) is 6.10. The summed E-state index contributed by atoms with van der Waals surface area (Å²) in [6, 6.07) is 5.74. The Labute approximate surface area is 134 Å². The van der Waals surface area contributed by atoms with Gasteiger partial charge in [-0.1, -0.05) is 6.07 Å². The predicted octanol–water partition coefficient (Wildman–Crippen LogP) is 1.54. The van der Waals surface area contributed by atoms with E-state index in [4.69, 9.17) is 4.74 Å². The van der Waals surface area contributed by atoms with Gasteiger partial charge in [-0.15, -0.1) is 0 Å². The number of pyridine rings is 1. The lowest BCUT2D eigenvalue weighted by molar-refractivity contribution is -0.155. The van der Waals surface area contributed by atoms with Gasteiger partial charge < -0.3 is 9.64 Å². The maximum Gasteiger partial charge on any atom is 0.253 e. The molecule has 5 nitrogen and oxygen atoms in total. The summed E-state index contributed by atoms with van der Waals surface area (Å²) in [4.78, 5) is 20.4. The molecule has 2 fully saturated rings. The fourth-order valence-electron chi connectivity index (χ4n) is 2.97. The number of piperidine rings is 1. The van der Waals surface area contributed by atoms with Gasteiger partial charge in [0, 0.05) is 51.8 Å². The fraction of sp³-hybridized carbons (Fsp3) is 0.625. The van der Waals surface area contributed by atoms with Crippen LogP contribution in [0.3, 0.4) is 0 Å². The molecule has 7 heteroatoms. The van der Waals surface area contributed by atoms with E-state index in [9.17, 15) is 13.6 Å². The second kappa shape index (κ2) is 6.88. The molecule has 0 aliphatic carbocycles. The number of morpholine rings is 1. The van der Waals surface area contributed by atoms with Crippen LogP contribution >= 0.6 is 0 Å². The number of hydrogen-bond donors (Lipinski definition) is 0. The molecule has 1 unspecified atom stereocenters. The molecule has 1 aromatic heterocycles. The number of ether oxygens (including phenoxy) is 1. The van der Waals surface area contributed by atoms with Gasteiger partial charge in [-0.25, -0.2) is 8.78 Å². The normalized spacial score (nSPS) is 25.3. The standard InChI is InChI=1S/C16H21F2N3O2/c17-16(18)4-7-21(8-5-16)15(22)14-12-20(9-10-23-14)11-13-3-1-2-6-19-13/h1-3,6,14H,4-5,7-12H2. The first-order valence-corrected chi connectivity index (χ1v) is 7.94. The number of carbonyl (C=O) groups excluding carboxylic acids is 1. The molecule has 3 heterocycles. The minimum Gasteiger partial charge on any atom is -0.366 e. The quantitative estimate of drug-likeness (QED) is 0.846. The molecule has 2 aliphatic rings. The highest BCUT2D eigenvalue weighted by Crippen LogP contribution is 2.28. The smallest absolute Gasteiger partial charge is 0.253 e. The first-order chi connectivity index (χ1) is 11.0. The molecule has 23 heavy (non-hydrogen) atoms. The maximum absolute atomic E-state index is 13.2. The maximum atomic E-state index is 13.2. The lowest BCUT2D eigenvalue weighted by Gasteiger charge is -2.37. The van der Waals surface area contributed by atoms with E-state index in [-0.39, 0.29) is 31.8 Å². The zero-order valence-electron chi connectivity index (χ0n) is 13.0. The number of halogens is 2. The third kappa shape index (κ3) is 4.23. The van der Waals surface area contributed by atoms with Crippen molar-refractivity contribution in [2.45, 2.75) is 31.4 Å². The van der Waals surface area contributed by atoms with Gasteiger partial charge >= 0.3 is 0 Å². The number of nitrogens with zero attached hydrogens (tertiary/aromatic N) is 3. The van der Waals surface area contributed by atoms with E-state index in [1.165, 1.54) is 4.90 Å². The van der Waals surface area contributed by atoms with Crippen LogP contribution in [-0.2, 0) is 16.1 Å². The molecule has 0 radical (unpaired) electrons. The Kier molecular flexibility index (Phi) is 4.87. The Bertz CT molecular complexity index is 531. The number of alkyl halides is 2. The van der Waals surface area contributed by atoms with Crippen LogP contribution in [0.2, 0.25) is 0 Å².